The van der Waals surface area contributed by atoms with Crippen LogP contribution in [-0.2, 0) is 9.53 Å². The fraction of sp³-hybridized carbons (Fsp3) is 0.308. The Morgan fingerprint density at radius 1 is 1.50 bits per heavy atom. The zero-order valence-electron chi connectivity index (χ0n) is 10.9. The number of hydrogen-bond donors (Lipinski definition) is 2. The van der Waals surface area contributed by atoms with E-state index in [0.717, 1.165) is 0 Å². The maximum atomic E-state index is 11.9. The Bertz CT molecular complexity index is 590. The molecule has 1 unspecified atom stereocenters. The fourth-order valence-corrected chi connectivity index (χ4v) is 1.77. The first-order chi connectivity index (χ1) is 9.60. The van der Waals surface area contributed by atoms with Gasteiger partial charge in [0.15, 0.2) is 0 Å². The molecule has 0 fully saturated rings. The summed E-state index contributed by atoms with van der Waals surface area (Å²) in [5, 5.41) is 11.3. The predicted molar refractivity (Wildman–Crippen MR) is 70.6 cm³/mol. The van der Waals surface area contributed by atoms with E-state index in [-0.39, 0.29) is 24.6 Å². The molecule has 0 bridgehead atoms. The van der Waals surface area contributed by atoms with Gasteiger partial charge in [-0.3, -0.25) is 9.59 Å². The molecule has 0 saturated carbocycles. The number of methoxy groups -OCH3 is 1. The molecular weight excluding hydrogens is 262 g/mol. The molecule has 0 saturated heterocycles. The maximum Gasteiger partial charge on any atom is 0.306 e. The Morgan fingerprint density at radius 2 is 2.30 bits per heavy atom. The largest absolute Gasteiger partial charge is 0.481 e. The van der Waals surface area contributed by atoms with Crippen molar-refractivity contribution in [3.8, 4) is 0 Å². The summed E-state index contributed by atoms with van der Waals surface area (Å²) in [7, 11) is 1.41. The van der Waals surface area contributed by atoms with Crippen molar-refractivity contribution in [2.45, 2.75) is 12.5 Å². The van der Waals surface area contributed by atoms with Crippen molar-refractivity contribution >= 4 is 17.5 Å². The van der Waals surface area contributed by atoms with E-state index in [1.54, 1.807) is 22.9 Å². The monoisotopic (exact) mass is 277 g/mol. The molecule has 20 heavy (non-hydrogen) atoms. The summed E-state index contributed by atoms with van der Waals surface area (Å²) in [6.45, 7) is 0.121. The fourth-order valence-electron chi connectivity index (χ4n) is 1.77. The highest BCUT2D eigenvalue weighted by Crippen LogP contribution is 2.04. The van der Waals surface area contributed by atoms with Crippen molar-refractivity contribution in [3.63, 3.8) is 0 Å². The standard InChI is InChI=1S/C13H15N3O4/c1-20-9(6-12(17)18)7-14-13(19)10-8-16-5-3-2-4-11(16)15-10/h2-5,8-9H,6-7H2,1H3,(H,14,19)(H,17,18). The molecule has 0 aliphatic carbocycles. The van der Waals surface area contributed by atoms with Crippen LogP contribution in [0.2, 0.25) is 0 Å². The van der Waals surface area contributed by atoms with E-state index >= 15 is 0 Å². The lowest BCUT2D eigenvalue weighted by Crippen LogP contribution is -2.34. The number of carboxylic acid groups (broad SMARTS) is 1. The van der Waals surface area contributed by atoms with Crippen LogP contribution in [0, 0.1) is 0 Å². The molecular formula is C13H15N3O4. The van der Waals surface area contributed by atoms with Crippen molar-refractivity contribution in [1.29, 1.82) is 0 Å². The summed E-state index contributed by atoms with van der Waals surface area (Å²) in [4.78, 5) is 26.7. The number of imidazole rings is 1. The van der Waals surface area contributed by atoms with Gasteiger partial charge in [-0.25, -0.2) is 4.98 Å². The molecule has 2 aromatic heterocycles. The minimum Gasteiger partial charge on any atom is -0.481 e. The number of fused-ring (bicyclic) bond motifs is 1. The molecule has 0 aromatic carbocycles. The van der Waals surface area contributed by atoms with Crippen LogP contribution in [0.4, 0.5) is 0 Å². The number of carboxylic acids is 1. The highest BCUT2D eigenvalue weighted by atomic mass is 16.5. The van der Waals surface area contributed by atoms with Gasteiger partial charge in [-0.15, -0.1) is 0 Å². The van der Waals surface area contributed by atoms with E-state index in [1.807, 2.05) is 12.1 Å². The average Bonchev–Trinajstić information content (AvgIpc) is 2.86. The predicted octanol–water partition coefficient (Wildman–Crippen LogP) is 0.554. The maximum absolute atomic E-state index is 11.9. The Kier molecular flexibility index (Phi) is 4.31. The van der Waals surface area contributed by atoms with Gasteiger partial charge in [0.1, 0.15) is 11.3 Å². The van der Waals surface area contributed by atoms with E-state index in [0.29, 0.717) is 5.65 Å². The molecule has 1 amide bonds. The average molecular weight is 277 g/mol. The molecule has 2 rings (SSSR count). The zero-order valence-corrected chi connectivity index (χ0v) is 10.9. The Morgan fingerprint density at radius 3 is 2.95 bits per heavy atom. The number of carbonyl (C=O) groups is 2. The molecule has 0 aliphatic heterocycles. The zero-order chi connectivity index (χ0) is 14.5. The van der Waals surface area contributed by atoms with Crippen LogP contribution >= 0.6 is 0 Å². The van der Waals surface area contributed by atoms with Crippen LogP contribution < -0.4 is 5.32 Å². The Labute approximate surface area is 115 Å². The van der Waals surface area contributed by atoms with Crippen LogP contribution in [0.5, 0.6) is 0 Å². The third-order valence-electron chi connectivity index (χ3n) is 2.82. The van der Waals surface area contributed by atoms with E-state index < -0.39 is 12.1 Å². The number of ether oxygens (including phenoxy) is 1. The molecule has 0 radical (unpaired) electrons. The van der Waals surface area contributed by atoms with Crippen molar-refractivity contribution in [2.75, 3.05) is 13.7 Å². The van der Waals surface area contributed by atoms with E-state index in [2.05, 4.69) is 10.3 Å². The van der Waals surface area contributed by atoms with Gasteiger partial charge in [0.25, 0.3) is 5.91 Å². The number of nitrogens with zero attached hydrogens (tertiary/aromatic N) is 2. The van der Waals surface area contributed by atoms with Crippen LogP contribution in [-0.4, -0.2) is 46.1 Å². The second-order valence-corrected chi connectivity index (χ2v) is 4.26. The number of aliphatic carboxylic acids is 1. The smallest absolute Gasteiger partial charge is 0.306 e. The third-order valence-corrected chi connectivity index (χ3v) is 2.82. The summed E-state index contributed by atoms with van der Waals surface area (Å²) in [5.74, 6) is -1.33. The number of pyridine rings is 1. The molecule has 106 valence electrons. The molecule has 0 aliphatic rings. The van der Waals surface area contributed by atoms with Gasteiger partial charge in [0, 0.05) is 26.0 Å². The number of amides is 1. The molecule has 2 aromatic rings. The van der Waals surface area contributed by atoms with Crippen molar-refractivity contribution in [2.24, 2.45) is 0 Å². The van der Waals surface area contributed by atoms with Crippen molar-refractivity contribution < 1.29 is 19.4 Å². The highest BCUT2D eigenvalue weighted by Gasteiger charge is 2.15. The first kappa shape index (κ1) is 14.0. The topological polar surface area (TPSA) is 92.9 Å². The van der Waals surface area contributed by atoms with Gasteiger partial charge in [0.05, 0.1) is 12.5 Å². The van der Waals surface area contributed by atoms with Gasteiger partial charge < -0.3 is 19.6 Å². The minimum absolute atomic E-state index is 0.121. The summed E-state index contributed by atoms with van der Waals surface area (Å²) >= 11 is 0. The number of aromatic nitrogens is 2. The highest BCUT2D eigenvalue weighted by molar-refractivity contribution is 5.92. The van der Waals surface area contributed by atoms with Crippen LogP contribution in [0.3, 0.4) is 0 Å². The van der Waals surface area contributed by atoms with E-state index in [4.69, 9.17) is 9.84 Å². The van der Waals surface area contributed by atoms with Gasteiger partial charge >= 0.3 is 5.97 Å². The quantitative estimate of drug-likeness (QED) is 0.804. The van der Waals surface area contributed by atoms with Crippen molar-refractivity contribution in [1.82, 2.24) is 14.7 Å². The lowest BCUT2D eigenvalue weighted by molar-refractivity contribution is -0.139. The van der Waals surface area contributed by atoms with E-state index in [1.165, 1.54) is 7.11 Å². The molecule has 1 atom stereocenters. The Hall–Kier alpha value is -2.41. The van der Waals surface area contributed by atoms with Crippen molar-refractivity contribution in [3.05, 3.63) is 36.3 Å². The lowest BCUT2D eigenvalue weighted by Gasteiger charge is -2.13. The molecule has 2 heterocycles. The molecule has 7 heteroatoms. The first-order valence-corrected chi connectivity index (χ1v) is 6.06. The number of rotatable bonds is 6. The Balaban J connectivity index is 1.99. The van der Waals surface area contributed by atoms with Gasteiger partial charge in [0.2, 0.25) is 0 Å². The normalized spacial score (nSPS) is 12.2. The summed E-state index contributed by atoms with van der Waals surface area (Å²) in [6.07, 6.45) is 2.68. The van der Waals surface area contributed by atoms with Crippen LogP contribution in [0.1, 0.15) is 16.9 Å². The van der Waals surface area contributed by atoms with E-state index in [9.17, 15) is 9.59 Å². The molecule has 0 spiro atoms. The van der Waals surface area contributed by atoms with Gasteiger partial charge in [-0.05, 0) is 12.1 Å². The second kappa shape index (κ2) is 6.16. The van der Waals surface area contributed by atoms with Crippen LogP contribution in [0.15, 0.2) is 30.6 Å². The minimum atomic E-state index is -0.973. The second-order valence-electron chi connectivity index (χ2n) is 4.26. The SMILES string of the molecule is COC(CNC(=O)c1cn2ccccc2n1)CC(=O)O. The molecule has 2 N–H and O–H groups in total. The number of carbonyl (C=O) groups excluding carboxylic acids is 1. The number of nitrogens with one attached hydrogen (secondary N) is 1. The van der Waals surface area contributed by atoms with Crippen LogP contribution in [0.25, 0.3) is 5.65 Å². The number of hydrogen-bond acceptors (Lipinski definition) is 4. The summed E-state index contributed by atoms with van der Waals surface area (Å²) < 4.78 is 6.72. The lowest BCUT2D eigenvalue weighted by atomic mass is 10.2. The molecule has 7 nitrogen and oxygen atoms in total. The third kappa shape index (κ3) is 3.33. The van der Waals surface area contributed by atoms with Gasteiger partial charge in [-0.2, -0.15) is 0 Å². The summed E-state index contributed by atoms with van der Waals surface area (Å²) in [6, 6.07) is 5.46. The summed E-state index contributed by atoms with van der Waals surface area (Å²) in [5.41, 5.74) is 0.952. The first-order valence-electron chi connectivity index (χ1n) is 6.06. The van der Waals surface area contributed by atoms with Gasteiger partial charge in [-0.1, -0.05) is 6.07 Å².